The molecule has 0 atom stereocenters. The summed E-state index contributed by atoms with van der Waals surface area (Å²) in [5.41, 5.74) is 4.76. The lowest BCUT2D eigenvalue weighted by Crippen LogP contribution is -2.11. The van der Waals surface area contributed by atoms with E-state index < -0.39 is 5.91 Å². The van der Waals surface area contributed by atoms with Crippen molar-refractivity contribution in [2.24, 2.45) is 10.9 Å². The third-order valence-electron chi connectivity index (χ3n) is 1.04. The number of hydrogen-bond acceptors (Lipinski definition) is 4. The van der Waals surface area contributed by atoms with Gasteiger partial charge in [-0.3, -0.25) is 4.79 Å². The molecule has 0 aromatic carbocycles. The number of nitrogens with zero attached hydrogens (tertiary/aromatic N) is 1. The van der Waals surface area contributed by atoms with Gasteiger partial charge in [-0.15, -0.1) is 0 Å². The van der Waals surface area contributed by atoms with Crippen LogP contribution < -0.4 is 5.73 Å². The van der Waals surface area contributed by atoms with Crippen molar-refractivity contribution in [1.29, 1.82) is 0 Å². The lowest BCUT2D eigenvalue weighted by molar-refractivity contribution is -0.111. The maximum absolute atomic E-state index is 10.1. The summed E-state index contributed by atoms with van der Waals surface area (Å²) in [4.78, 5) is 14.8. The van der Waals surface area contributed by atoms with Crippen LogP contribution in [-0.4, -0.2) is 12.1 Å². The molecular weight excluding hydrogens is 160 g/mol. The molecule has 0 saturated carbocycles. The van der Waals surface area contributed by atoms with Crippen molar-refractivity contribution >= 4 is 12.1 Å². The van der Waals surface area contributed by atoms with Crippen molar-refractivity contribution in [2.75, 3.05) is 0 Å². The maximum atomic E-state index is 10.1. The minimum absolute atomic E-state index is 0.191. The van der Waals surface area contributed by atoms with Crippen LogP contribution in [0.5, 0.6) is 0 Å². The summed E-state index contributed by atoms with van der Waals surface area (Å²) in [5.74, 6) is -0.00827. The lowest BCUT2D eigenvalue weighted by Gasteiger charge is -1.92. The number of primary amides is 1. The highest BCUT2D eigenvalue weighted by molar-refractivity contribution is 6.25. The van der Waals surface area contributed by atoms with E-state index in [9.17, 15) is 4.79 Å². The minimum atomic E-state index is -0.644. The highest BCUT2D eigenvalue weighted by Gasteiger charge is 1.93. The van der Waals surface area contributed by atoms with Crippen LogP contribution in [0.2, 0.25) is 0 Å². The Kier molecular flexibility index (Phi) is 2.89. The van der Waals surface area contributed by atoms with Crippen molar-refractivity contribution in [1.82, 2.24) is 0 Å². The first kappa shape index (κ1) is 8.32. The monoisotopic (exact) mass is 168 g/mol. The fraction of sp³-hybridized carbons (Fsp3) is 0.143. The summed E-state index contributed by atoms with van der Waals surface area (Å²) in [6.45, 7) is 0.191. The van der Waals surface area contributed by atoms with Crippen LogP contribution in [0.1, 0.15) is 5.76 Å². The molecule has 1 aromatic heterocycles. The zero-order valence-electron chi connectivity index (χ0n) is 6.27. The Bertz CT molecular complexity index is 266. The summed E-state index contributed by atoms with van der Waals surface area (Å²) in [5, 5.41) is 3.29. The number of furan rings is 1. The Morgan fingerprint density at radius 1 is 1.83 bits per heavy atom. The van der Waals surface area contributed by atoms with Gasteiger partial charge in [0.2, 0.25) is 0 Å². The summed E-state index contributed by atoms with van der Waals surface area (Å²) in [6.07, 6.45) is 2.42. The molecule has 0 aliphatic rings. The molecular formula is C7H8N2O3. The first-order valence-electron chi connectivity index (χ1n) is 3.26. The summed E-state index contributed by atoms with van der Waals surface area (Å²) >= 11 is 0. The first-order chi connectivity index (χ1) is 5.79. The van der Waals surface area contributed by atoms with Gasteiger partial charge in [0.05, 0.1) is 6.26 Å². The number of hydrogen-bond donors (Lipinski definition) is 1. The van der Waals surface area contributed by atoms with Crippen molar-refractivity contribution < 1.29 is 14.0 Å². The quantitative estimate of drug-likeness (QED) is 0.517. The molecule has 0 fully saturated rings. The van der Waals surface area contributed by atoms with Gasteiger partial charge >= 0.3 is 0 Å². The zero-order chi connectivity index (χ0) is 8.81. The van der Waals surface area contributed by atoms with Gasteiger partial charge in [-0.2, -0.15) is 0 Å². The van der Waals surface area contributed by atoms with E-state index in [1.165, 1.54) is 6.26 Å². The van der Waals surface area contributed by atoms with Gasteiger partial charge in [-0.05, 0) is 12.1 Å². The van der Waals surface area contributed by atoms with Gasteiger partial charge in [-0.25, -0.2) is 0 Å². The van der Waals surface area contributed by atoms with Gasteiger partial charge < -0.3 is 15.0 Å². The largest absolute Gasteiger partial charge is 0.466 e. The standard InChI is InChI=1S/C7H8N2O3/c8-7(10)4-9-12-5-6-2-1-3-11-6/h1-4H,5H2,(H2,8,10)/b9-4-. The van der Waals surface area contributed by atoms with Crippen molar-refractivity contribution in [3.05, 3.63) is 24.2 Å². The topological polar surface area (TPSA) is 77.8 Å². The summed E-state index contributed by atoms with van der Waals surface area (Å²) < 4.78 is 4.93. The number of nitrogens with two attached hydrogens (primary N) is 1. The zero-order valence-corrected chi connectivity index (χ0v) is 6.27. The lowest BCUT2D eigenvalue weighted by atomic mass is 10.5. The van der Waals surface area contributed by atoms with E-state index in [0.29, 0.717) is 5.76 Å². The molecule has 2 N–H and O–H groups in total. The molecule has 0 bridgehead atoms. The molecule has 1 heterocycles. The van der Waals surface area contributed by atoms with E-state index in [2.05, 4.69) is 9.99 Å². The van der Waals surface area contributed by atoms with Crippen LogP contribution in [-0.2, 0) is 16.2 Å². The van der Waals surface area contributed by atoms with Crippen LogP contribution in [0.25, 0.3) is 0 Å². The fourth-order valence-corrected chi connectivity index (χ4v) is 0.585. The highest BCUT2D eigenvalue weighted by Crippen LogP contribution is 2.00. The molecule has 0 radical (unpaired) electrons. The Balaban J connectivity index is 2.23. The molecule has 12 heavy (non-hydrogen) atoms. The predicted octanol–water partition coefficient (Wildman–Crippen LogP) is 0.267. The van der Waals surface area contributed by atoms with Crippen molar-refractivity contribution in [2.45, 2.75) is 6.61 Å². The van der Waals surface area contributed by atoms with Crippen LogP contribution in [0, 0.1) is 0 Å². The van der Waals surface area contributed by atoms with Crippen molar-refractivity contribution in [3.63, 3.8) is 0 Å². The second-order valence-electron chi connectivity index (χ2n) is 1.99. The third-order valence-corrected chi connectivity index (χ3v) is 1.04. The number of carbonyl (C=O) groups excluding carboxylic acids is 1. The Hall–Kier alpha value is -1.78. The normalized spacial score (nSPS) is 10.3. The van der Waals surface area contributed by atoms with Crippen LogP contribution in [0.4, 0.5) is 0 Å². The fourth-order valence-electron chi connectivity index (χ4n) is 0.585. The number of carbonyl (C=O) groups is 1. The van der Waals surface area contributed by atoms with Crippen LogP contribution >= 0.6 is 0 Å². The van der Waals surface area contributed by atoms with E-state index in [0.717, 1.165) is 6.21 Å². The van der Waals surface area contributed by atoms with E-state index in [1.54, 1.807) is 12.1 Å². The SMILES string of the molecule is NC(=O)/C=N\OCc1ccco1. The molecule has 0 aliphatic heterocycles. The molecule has 1 aromatic rings. The van der Waals surface area contributed by atoms with E-state index in [4.69, 9.17) is 10.2 Å². The van der Waals surface area contributed by atoms with Crippen LogP contribution in [0.3, 0.4) is 0 Å². The van der Waals surface area contributed by atoms with Gasteiger partial charge in [0.1, 0.15) is 12.0 Å². The predicted molar refractivity (Wildman–Crippen MR) is 41.2 cm³/mol. The van der Waals surface area contributed by atoms with Gasteiger partial charge in [-0.1, -0.05) is 5.16 Å². The first-order valence-corrected chi connectivity index (χ1v) is 3.26. The van der Waals surface area contributed by atoms with E-state index >= 15 is 0 Å². The summed E-state index contributed by atoms with van der Waals surface area (Å²) in [7, 11) is 0. The molecule has 5 nitrogen and oxygen atoms in total. The third kappa shape index (κ3) is 2.87. The number of oxime groups is 1. The second-order valence-corrected chi connectivity index (χ2v) is 1.99. The van der Waals surface area contributed by atoms with Crippen molar-refractivity contribution in [3.8, 4) is 0 Å². The molecule has 64 valence electrons. The molecule has 5 heteroatoms. The average molecular weight is 168 g/mol. The Morgan fingerprint density at radius 2 is 2.67 bits per heavy atom. The second kappa shape index (κ2) is 4.17. The van der Waals surface area contributed by atoms with Gasteiger partial charge in [0.25, 0.3) is 5.91 Å². The molecule has 1 rings (SSSR count). The summed E-state index contributed by atoms with van der Waals surface area (Å²) in [6, 6.07) is 3.47. The van der Waals surface area contributed by atoms with Gasteiger partial charge in [0.15, 0.2) is 6.61 Å². The Morgan fingerprint density at radius 3 is 3.25 bits per heavy atom. The number of rotatable bonds is 4. The average Bonchev–Trinajstić information content (AvgIpc) is 2.49. The van der Waals surface area contributed by atoms with E-state index in [1.807, 2.05) is 0 Å². The molecule has 1 amide bonds. The molecule has 0 spiro atoms. The maximum Gasteiger partial charge on any atom is 0.263 e. The molecule has 0 saturated heterocycles. The number of amides is 1. The Labute approximate surface area is 68.8 Å². The van der Waals surface area contributed by atoms with Crippen LogP contribution in [0.15, 0.2) is 28.0 Å². The molecule has 0 aliphatic carbocycles. The highest BCUT2D eigenvalue weighted by atomic mass is 16.6. The minimum Gasteiger partial charge on any atom is -0.466 e. The van der Waals surface area contributed by atoms with Gasteiger partial charge in [0, 0.05) is 0 Å². The molecule has 0 unspecified atom stereocenters. The smallest absolute Gasteiger partial charge is 0.263 e. The van der Waals surface area contributed by atoms with E-state index in [-0.39, 0.29) is 6.61 Å².